The van der Waals surface area contributed by atoms with Crippen LogP contribution in [0.2, 0.25) is 0 Å². The molecule has 6 nitrogen and oxygen atoms in total. The molecule has 0 bridgehead atoms. The second-order valence-corrected chi connectivity index (χ2v) is 19.0. The Morgan fingerprint density at radius 1 is 0.463 bits per heavy atom. The number of unbranched alkanes of at least 4 members (excludes halogenated alkanes) is 25. The van der Waals surface area contributed by atoms with Crippen LogP contribution in [-0.2, 0) is 14.3 Å². The van der Waals surface area contributed by atoms with E-state index < -0.39 is 18.2 Å². The molecule has 0 rings (SSSR count). The van der Waals surface area contributed by atoms with E-state index in [1.165, 1.54) is 141 Å². The summed E-state index contributed by atoms with van der Waals surface area (Å²) in [5.41, 5.74) is 0. The lowest BCUT2D eigenvalue weighted by atomic mass is 10.0. The molecular formula is C61H107NO5. The Hall–Kier alpha value is -2.96. The Bertz CT molecular complexity index is 1280. The molecule has 0 aromatic rings. The molecule has 6 heteroatoms. The highest BCUT2D eigenvalue weighted by Crippen LogP contribution is 2.17. The molecule has 0 aliphatic heterocycles. The molecule has 386 valence electrons. The molecule has 3 N–H and O–H groups in total. The number of amides is 1. The number of hydrogen-bond donors (Lipinski definition) is 3. The molecule has 0 heterocycles. The van der Waals surface area contributed by atoms with E-state index in [2.05, 4.69) is 105 Å². The van der Waals surface area contributed by atoms with E-state index in [-0.39, 0.29) is 24.9 Å². The zero-order valence-corrected chi connectivity index (χ0v) is 44.0. The zero-order valence-electron chi connectivity index (χ0n) is 44.0. The van der Waals surface area contributed by atoms with Crippen LogP contribution in [0.1, 0.15) is 265 Å². The standard InChI is InChI=1S/C61H107NO5/c1-4-7-10-13-16-19-22-25-28-29-30-31-33-36-39-42-45-48-51-54-61(66)67-57(52-49-46-43-40-37-34-32-26-23-20-17-14-11-8-5-2)55-60(65)62-58(56-63)59(64)53-50-47-44-41-38-35-27-24-21-18-15-12-9-6-3/h8,11,16-17,19-20,25-26,28,32,37,40,46,49,57-59,63-64H,4-7,9-10,12-15,18,21-24,27,29-31,33-36,38-39,41-45,47-48,50-56H2,1-3H3,(H,62,65)/b11-8-,19-16-,20-17-,28-25-,32-26-,40-37-,49-46-. The lowest BCUT2D eigenvalue weighted by Gasteiger charge is -2.24. The van der Waals surface area contributed by atoms with Crippen molar-refractivity contribution in [2.45, 2.75) is 283 Å². The molecule has 0 aromatic carbocycles. The molecule has 0 radical (unpaired) electrons. The first-order chi connectivity index (χ1) is 33.0. The van der Waals surface area contributed by atoms with Crippen molar-refractivity contribution in [2.24, 2.45) is 0 Å². The van der Waals surface area contributed by atoms with Crippen LogP contribution in [0.4, 0.5) is 0 Å². The van der Waals surface area contributed by atoms with E-state index in [4.69, 9.17) is 4.74 Å². The van der Waals surface area contributed by atoms with Gasteiger partial charge in [0.1, 0.15) is 6.10 Å². The highest BCUT2D eigenvalue weighted by Gasteiger charge is 2.23. The molecule has 0 fully saturated rings. The van der Waals surface area contributed by atoms with E-state index >= 15 is 0 Å². The molecule has 3 atom stereocenters. The first kappa shape index (κ1) is 64.0. The van der Waals surface area contributed by atoms with Crippen molar-refractivity contribution in [3.8, 4) is 0 Å². The van der Waals surface area contributed by atoms with Gasteiger partial charge in [-0.1, -0.05) is 254 Å². The van der Waals surface area contributed by atoms with E-state index in [1.807, 2.05) is 6.08 Å². The van der Waals surface area contributed by atoms with E-state index in [0.29, 0.717) is 19.3 Å². The third kappa shape index (κ3) is 49.3. The Labute approximate surface area is 414 Å². The molecule has 3 unspecified atom stereocenters. The number of carbonyl (C=O) groups excluding carboxylic acids is 2. The van der Waals surface area contributed by atoms with Crippen LogP contribution in [0.3, 0.4) is 0 Å². The van der Waals surface area contributed by atoms with Gasteiger partial charge in [-0.25, -0.2) is 0 Å². The van der Waals surface area contributed by atoms with Gasteiger partial charge in [-0.3, -0.25) is 9.59 Å². The Kier molecular flexibility index (Phi) is 51.6. The second-order valence-electron chi connectivity index (χ2n) is 19.0. The number of allylic oxidation sites excluding steroid dienone is 13. The Balaban J connectivity index is 4.66. The summed E-state index contributed by atoms with van der Waals surface area (Å²) in [5.74, 6) is -0.583. The van der Waals surface area contributed by atoms with Crippen LogP contribution in [0.15, 0.2) is 85.1 Å². The number of aliphatic hydroxyl groups is 2. The first-order valence-electron chi connectivity index (χ1n) is 28.3. The predicted molar refractivity (Wildman–Crippen MR) is 291 cm³/mol. The number of hydrogen-bond acceptors (Lipinski definition) is 5. The van der Waals surface area contributed by atoms with Gasteiger partial charge in [0.2, 0.25) is 5.91 Å². The van der Waals surface area contributed by atoms with Gasteiger partial charge in [-0.2, -0.15) is 0 Å². The molecule has 0 aliphatic carbocycles. The number of ether oxygens (including phenoxy) is 1. The quantitative estimate of drug-likeness (QED) is 0.0321. The van der Waals surface area contributed by atoms with Crippen molar-refractivity contribution in [3.63, 3.8) is 0 Å². The fourth-order valence-corrected chi connectivity index (χ4v) is 8.19. The third-order valence-corrected chi connectivity index (χ3v) is 12.5. The van der Waals surface area contributed by atoms with Crippen LogP contribution >= 0.6 is 0 Å². The summed E-state index contributed by atoms with van der Waals surface area (Å²) in [5, 5.41) is 23.8. The normalized spacial score (nSPS) is 13.8. The maximum absolute atomic E-state index is 13.2. The molecule has 1 amide bonds. The molecule has 0 saturated carbocycles. The van der Waals surface area contributed by atoms with Gasteiger partial charge in [-0.05, 0) is 77.0 Å². The molecule has 0 spiro atoms. The van der Waals surface area contributed by atoms with E-state index in [9.17, 15) is 19.8 Å². The third-order valence-electron chi connectivity index (χ3n) is 12.5. The highest BCUT2D eigenvalue weighted by molar-refractivity contribution is 5.77. The van der Waals surface area contributed by atoms with Crippen molar-refractivity contribution < 1.29 is 24.5 Å². The van der Waals surface area contributed by atoms with Gasteiger partial charge >= 0.3 is 5.97 Å². The van der Waals surface area contributed by atoms with Gasteiger partial charge in [0, 0.05) is 12.8 Å². The average Bonchev–Trinajstić information content (AvgIpc) is 3.32. The monoisotopic (exact) mass is 934 g/mol. The number of nitrogens with one attached hydrogen (secondary N) is 1. The molecule has 0 aromatic heterocycles. The maximum Gasteiger partial charge on any atom is 0.306 e. The van der Waals surface area contributed by atoms with Crippen LogP contribution < -0.4 is 5.32 Å². The number of aliphatic hydroxyl groups excluding tert-OH is 2. The zero-order chi connectivity index (χ0) is 48.8. The summed E-state index contributed by atoms with van der Waals surface area (Å²) in [4.78, 5) is 26.2. The van der Waals surface area contributed by atoms with Crippen LogP contribution in [-0.4, -0.2) is 46.9 Å². The Morgan fingerprint density at radius 3 is 1.30 bits per heavy atom. The van der Waals surface area contributed by atoms with E-state index in [0.717, 1.165) is 77.0 Å². The summed E-state index contributed by atoms with van der Waals surface area (Å²) in [7, 11) is 0. The number of esters is 1. The number of carbonyl (C=O) groups is 2. The van der Waals surface area contributed by atoms with Gasteiger partial charge in [0.25, 0.3) is 0 Å². The smallest absolute Gasteiger partial charge is 0.306 e. The van der Waals surface area contributed by atoms with Crippen LogP contribution in [0.5, 0.6) is 0 Å². The lowest BCUT2D eigenvalue weighted by Crippen LogP contribution is -2.46. The topological polar surface area (TPSA) is 95.9 Å². The SMILES string of the molecule is CC/C=C\C/C=C\C/C=C\C/C=C\C/C=C\CC(CC(=O)NC(CO)C(O)CCCCCCCCCCCCCCCC)OC(=O)CCCCCCCCCCC/C=C\C/C=C\CCCCC. The minimum absolute atomic E-state index is 0.00501. The van der Waals surface area contributed by atoms with Crippen molar-refractivity contribution in [2.75, 3.05) is 6.61 Å². The number of rotatable bonds is 50. The lowest BCUT2D eigenvalue weighted by molar-refractivity contribution is -0.150. The van der Waals surface area contributed by atoms with Crippen molar-refractivity contribution in [1.82, 2.24) is 5.32 Å². The fraction of sp³-hybridized carbons (Fsp3) is 0.738. The minimum atomic E-state index is -0.817. The van der Waals surface area contributed by atoms with Crippen molar-refractivity contribution in [1.29, 1.82) is 0 Å². The van der Waals surface area contributed by atoms with E-state index in [1.54, 1.807) is 0 Å². The Morgan fingerprint density at radius 2 is 0.836 bits per heavy atom. The highest BCUT2D eigenvalue weighted by atomic mass is 16.5. The first-order valence-corrected chi connectivity index (χ1v) is 28.3. The second kappa shape index (κ2) is 54.0. The summed E-state index contributed by atoms with van der Waals surface area (Å²) in [6.07, 6.45) is 70.9. The van der Waals surface area contributed by atoms with Gasteiger partial charge in [-0.15, -0.1) is 0 Å². The van der Waals surface area contributed by atoms with Crippen LogP contribution in [0, 0.1) is 0 Å². The largest absolute Gasteiger partial charge is 0.461 e. The summed E-state index contributed by atoms with van der Waals surface area (Å²) < 4.78 is 5.89. The van der Waals surface area contributed by atoms with Crippen molar-refractivity contribution in [3.05, 3.63) is 85.1 Å². The summed E-state index contributed by atoms with van der Waals surface area (Å²) in [6, 6.07) is -0.737. The van der Waals surface area contributed by atoms with Crippen molar-refractivity contribution >= 4 is 11.9 Å². The predicted octanol–water partition coefficient (Wildman–Crippen LogP) is 17.5. The van der Waals surface area contributed by atoms with Crippen LogP contribution in [0.25, 0.3) is 0 Å². The average molecular weight is 935 g/mol. The fourth-order valence-electron chi connectivity index (χ4n) is 8.19. The summed E-state index contributed by atoms with van der Waals surface area (Å²) in [6.45, 7) is 6.33. The molecule has 67 heavy (non-hydrogen) atoms. The van der Waals surface area contributed by atoms with Gasteiger partial charge < -0.3 is 20.3 Å². The minimum Gasteiger partial charge on any atom is -0.461 e. The molecule has 0 saturated heterocycles. The summed E-state index contributed by atoms with van der Waals surface area (Å²) >= 11 is 0. The van der Waals surface area contributed by atoms with Gasteiger partial charge in [0.05, 0.1) is 25.2 Å². The molecule has 0 aliphatic rings. The maximum atomic E-state index is 13.2. The molecular weight excluding hydrogens is 827 g/mol. The van der Waals surface area contributed by atoms with Gasteiger partial charge in [0.15, 0.2) is 0 Å².